The molecule has 5 aromatic rings. The Bertz CT molecular complexity index is 2520. The Morgan fingerprint density at radius 2 is 1.48 bits per heavy atom. The van der Waals surface area contributed by atoms with E-state index in [9.17, 15) is 24.0 Å². The minimum Gasteiger partial charge on any atom is -0.371 e. The van der Waals surface area contributed by atoms with Crippen molar-refractivity contribution in [3.8, 4) is 0 Å². The van der Waals surface area contributed by atoms with E-state index < -0.39 is 23.8 Å². The second kappa shape index (κ2) is 16.6. The van der Waals surface area contributed by atoms with E-state index in [1.807, 2.05) is 42.7 Å². The summed E-state index contributed by atoms with van der Waals surface area (Å²) in [6.07, 6.45) is 7.76. The maximum atomic E-state index is 13.4. The molecule has 318 valence electrons. The van der Waals surface area contributed by atoms with Gasteiger partial charge in [0.15, 0.2) is 17.0 Å². The first-order valence-electron chi connectivity index (χ1n) is 21.7. The average Bonchev–Trinajstić information content (AvgIpc) is 3.81. The van der Waals surface area contributed by atoms with E-state index in [1.54, 1.807) is 18.5 Å². The first kappa shape index (κ1) is 39.5. The number of amides is 5. The van der Waals surface area contributed by atoms with Crippen LogP contribution in [0.5, 0.6) is 0 Å². The highest BCUT2D eigenvalue weighted by atomic mass is 16.2. The van der Waals surface area contributed by atoms with Crippen molar-refractivity contribution in [1.82, 2.24) is 40.0 Å². The Morgan fingerprint density at radius 3 is 2.24 bits per heavy atom. The van der Waals surface area contributed by atoms with Crippen LogP contribution in [0.1, 0.15) is 70.8 Å². The Labute approximate surface area is 358 Å². The lowest BCUT2D eigenvalue weighted by Crippen LogP contribution is -2.54. The highest BCUT2D eigenvalue weighted by molar-refractivity contribution is 6.23. The molecule has 5 aliphatic rings. The number of piperazine rings is 1. The highest BCUT2D eigenvalue weighted by Gasteiger charge is 2.45. The number of imidazole rings is 1. The van der Waals surface area contributed by atoms with E-state index in [0.29, 0.717) is 34.8 Å². The number of nitrogens with one attached hydrogen (secondary N) is 3. The summed E-state index contributed by atoms with van der Waals surface area (Å²) in [6.45, 7) is 6.67. The third-order valence-electron chi connectivity index (χ3n) is 13.2. The first-order chi connectivity index (χ1) is 30.2. The van der Waals surface area contributed by atoms with Gasteiger partial charge in [0.2, 0.25) is 17.7 Å². The predicted octanol–water partition coefficient (Wildman–Crippen LogP) is 4.07. The molecule has 5 amide bonds. The largest absolute Gasteiger partial charge is 0.371 e. The Morgan fingerprint density at radius 1 is 0.758 bits per heavy atom. The van der Waals surface area contributed by atoms with Gasteiger partial charge in [-0.25, -0.2) is 15.0 Å². The maximum Gasteiger partial charge on any atom is 0.262 e. The third-order valence-corrected chi connectivity index (χ3v) is 13.2. The molecule has 1 atom stereocenters. The zero-order valence-corrected chi connectivity index (χ0v) is 34.4. The predicted molar refractivity (Wildman–Crippen MR) is 232 cm³/mol. The fourth-order valence-corrected chi connectivity index (χ4v) is 9.68. The molecule has 0 radical (unpaired) electrons. The fourth-order valence-electron chi connectivity index (χ4n) is 9.68. The Balaban J connectivity index is 0.675. The summed E-state index contributed by atoms with van der Waals surface area (Å²) < 4.78 is 2.10. The summed E-state index contributed by atoms with van der Waals surface area (Å²) in [6, 6.07) is 23.0. The molecule has 3 N–H and O–H groups in total. The summed E-state index contributed by atoms with van der Waals surface area (Å²) in [5, 5.41) is 8.87. The number of piperidine rings is 2. The molecule has 6 heterocycles. The lowest BCUT2D eigenvalue weighted by Gasteiger charge is -2.40. The van der Waals surface area contributed by atoms with Gasteiger partial charge in [-0.3, -0.25) is 39.1 Å². The van der Waals surface area contributed by atoms with Crippen LogP contribution < -0.4 is 25.8 Å². The lowest BCUT2D eigenvalue weighted by molar-refractivity contribution is -0.136. The van der Waals surface area contributed by atoms with Gasteiger partial charge in [0.05, 0.1) is 23.9 Å². The molecule has 16 heteroatoms. The molecule has 4 fully saturated rings. The van der Waals surface area contributed by atoms with Gasteiger partial charge in [0, 0.05) is 81.4 Å². The summed E-state index contributed by atoms with van der Waals surface area (Å²) in [4.78, 5) is 85.2. The number of imide groups is 2. The van der Waals surface area contributed by atoms with Crippen molar-refractivity contribution in [1.29, 1.82) is 0 Å². The van der Waals surface area contributed by atoms with E-state index in [1.165, 1.54) is 5.69 Å². The van der Waals surface area contributed by atoms with Crippen molar-refractivity contribution in [2.75, 3.05) is 60.9 Å². The summed E-state index contributed by atoms with van der Waals surface area (Å²) in [5.41, 5.74) is 6.15. The fraction of sp³-hybridized carbons (Fsp3) is 0.391. The van der Waals surface area contributed by atoms with E-state index in [-0.39, 0.29) is 36.7 Å². The van der Waals surface area contributed by atoms with Crippen molar-refractivity contribution >= 4 is 63.6 Å². The number of carbonyl (C=O) groups is 5. The van der Waals surface area contributed by atoms with Crippen LogP contribution in [-0.2, 0) is 20.8 Å². The van der Waals surface area contributed by atoms with Crippen LogP contribution in [0.15, 0.2) is 85.5 Å². The standard InChI is InChI=1S/C46H49N11O5/c58-39-13-12-38(44(60)52-39)57-45(61)36-11-10-34(25-37(36)46(57)62)54-16-14-30(15-17-54)26-53-18-20-55(21-19-53)33-8-6-31(7-9-33)51-42-41-43(48-27-47-42)56(28-49-41)35-23-32(24-35)50-40(59)22-29-4-2-1-3-5-29/h1-11,25,27-28,30,32,35,38H,12-24,26H2,(H,50,59)(H,47,48,51)(H,52,58,60)/t32?,35?,38-/m0/s1. The first-order valence-corrected chi connectivity index (χ1v) is 21.7. The van der Waals surface area contributed by atoms with Gasteiger partial charge in [0.25, 0.3) is 11.8 Å². The molecule has 2 aromatic heterocycles. The SMILES string of the molecule is O=C1CC[C@H](N2C(=O)c3ccc(N4CCC(CN5CCN(c6ccc(Nc7ncnc8c7ncn8C7CC(NC(=O)Cc8ccccc8)C7)cc6)CC5)CC4)cc3C2=O)C(=O)N1. The van der Waals surface area contributed by atoms with Gasteiger partial charge in [0.1, 0.15) is 12.4 Å². The Hall–Kier alpha value is -6.68. The van der Waals surface area contributed by atoms with Gasteiger partial charge in [-0.05, 0) is 86.1 Å². The number of aromatic nitrogens is 4. The molecular weight excluding hydrogens is 787 g/mol. The topological polar surface area (TPSA) is 178 Å². The van der Waals surface area contributed by atoms with Crippen LogP contribution in [0.3, 0.4) is 0 Å². The number of anilines is 4. The zero-order valence-electron chi connectivity index (χ0n) is 34.4. The van der Waals surface area contributed by atoms with E-state index in [2.05, 4.69) is 74.4 Å². The molecule has 1 saturated carbocycles. The Kier molecular flexibility index (Phi) is 10.6. The number of rotatable bonds is 11. The molecular formula is C46H49N11O5. The van der Waals surface area contributed by atoms with Gasteiger partial charge in [-0.15, -0.1) is 0 Å². The number of carbonyl (C=O) groups excluding carboxylic acids is 5. The van der Waals surface area contributed by atoms with E-state index in [4.69, 9.17) is 0 Å². The highest BCUT2D eigenvalue weighted by Crippen LogP contribution is 2.36. The van der Waals surface area contributed by atoms with Crippen LogP contribution in [0, 0.1) is 5.92 Å². The van der Waals surface area contributed by atoms with Crippen molar-refractivity contribution in [3.63, 3.8) is 0 Å². The molecule has 3 saturated heterocycles. The van der Waals surface area contributed by atoms with Crippen LogP contribution in [0.4, 0.5) is 22.9 Å². The van der Waals surface area contributed by atoms with Crippen LogP contribution >= 0.6 is 0 Å². The second-order valence-corrected chi connectivity index (χ2v) is 17.2. The average molecular weight is 836 g/mol. The van der Waals surface area contributed by atoms with Gasteiger partial charge < -0.3 is 25.0 Å². The van der Waals surface area contributed by atoms with E-state index >= 15 is 0 Å². The summed E-state index contributed by atoms with van der Waals surface area (Å²) >= 11 is 0. The number of hydrogen-bond donors (Lipinski definition) is 3. The zero-order chi connectivity index (χ0) is 42.3. The minimum absolute atomic E-state index is 0.0446. The van der Waals surface area contributed by atoms with Crippen LogP contribution in [0.25, 0.3) is 11.2 Å². The molecule has 0 bridgehead atoms. The lowest BCUT2D eigenvalue weighted by atomic mass is 9.86. The molecule has 10 rings (SSSR count). The third kappa shape index (κ3) is 7.85. The summed E-state index contributed by atoms with van der Waals surface area (Å²) in [5.74, 6) is -0.661. The smallest absolute Gasteiger partial charge is 0.262 e. The second-order valence-electron chi connectivity index (χ2n) is 17.2. The summed E-state index contributed by atoms with van der Waals surface area (Å²) in [7, 11) is 0. The molecule has 62 heavy (non-hydrogen) atoms. The monoisotopic (exact) mass is 835 g/mol. The van der Waals surface area contributed by atoms with Gasteiger partial charge in [-0.1, -0.05) is 30.3 Å². The number of nitrogens with zero attached hydrogens (tertiary/aromatic N) is 8. The molecule has 1 aliphatic carbocycles. The molecule has 16 nitrogen and oxygen atoms in total. The van der Waals surface area contributed by atoms with Crippen LogP contribution in [0.2, 0.25) is 0 Å². The van der Waals surface area contributed by atoms with E-state index in [0.717, 1.165) is 99.0 Å². The number of hydrogen-bond acceptors (Lipinski definition) is 12. The number of fused-ring (bicyclic) bond motifs is 2. The van der Waals surface area contributed by atoms with Gasteiger partial charge in [-0.2, -0.15) is 0 Å². The normalized spacial score (nSPS) is 22.1. The van der Waals surface area contributed by atoms with Crippen molar-refractivity contribution in [3.05, 3.63) is 102 Å². The number of benzene rings is 3. The minimum atomic E-state index is -0.966. The molecule has 4 aliphatic heterocycles. The molecule has 3 aromatic carbocycles. The van der Waals surface area contributed by atoms with Crippen molar-refractivity contribution in [2.45, 2.75) is 63.1 Å². The molecule has 0 unspecified atom stereocenters. The van der Waals surface area contributed by atoms with Gasteiger partial charge >= 0.3 is 0 Å². The van der Waals surface area contributed by atoms with Crippen molar-refractivity contribution in [2.24, 2.45) is 5.92 Å². The quantitative estimate of drug-likeness (QED) is 0.163. The maximum absolute atomic E-state index is 13.4. The van der Waals surface area contributed by atoms with Crippen LogP contribution in [-0.4, -0.2) is 117 Å². The molecule has 0 spiro atoms. The van der Waals surface area contributed by atoms with Crippen molar-refractivity contribution < 1.29 is 24.0 Å².